The molecule has 1 aliphatic carbocycles. The Labute approximate surface area is 167 Å². The number of halogens is 1. The number of hydrogen-bond donors (Lipinski definition) is 1. The Bertz CT molecular complexity index is 967. The molecular weight excluding hydrogens is 375 g/mol. The van der Waals surface area contributed by atoms with Gasteiger partial charge in [-0.2, -0.15) is 0 Å². The molecule has 0 radical (unpaired) electrons. The second-order valence-corrected chi connectivity index (χ2v) is 7.97. The Morgan fingerprint density at radius 3 is 2.71 bits per heavy atom. The number of carbonyl (C=O) groups is 1. The van der Waals surface area contributed by atoms with Gasteiger partial charge in [0.25, 0.3) is 0 Å². The highest BCUT2D eigenvalue weighted by Crippen LogP contribution is 2.30. The van der Waals surface area contributed by atoms with E-state index in [9.17, 15) is 14.3 Å². The molecule has 0 spiro atoms. The van der Waals surface area contributed by atoms with Gasteiger partial charge in [0.2, 0.25) is 0 Å². The number of nitrogens with zero attached hydrogens (tertiary/aromatic N) is 2. The van der Waals surface area contributed by atoms with Crippen LogP contribution in [0.3, 0.4) is 0 Å². The average Bonchev–Trinajstić information content (AvgIpc) is 3.45. The van der Waals surface area contributed by atoms with Gasteiger partial charge in [0, 0.05) is 30.1 Å². The number of carboxylic acids is 1. The number of aromatic nitrogens is 1. The van der Waals surface area contributed by atoms with Gasteiger partial charge in [0.15, 0.2) is 0 Å². The van der Waals surface area contributed by atoms with E-state index in [1.165, 1.54) is 25.0 Å². The molecule has 0 bridgehead atoms. The molecule has 1 N–H and O–H groups in total. The number of thiazole rings is 1. The molecule has 1 aromatic heterocycles. The van der Waals surface area contributed by atoms with Crippen molar-refractivity contribution in [3.8, 4) is 10.6 Å². The summed E-state index contributed by atoms with van der Waals surface area (Å²) < 4.78 is 13.1. The van der Waals surface area contributed by atoms with Crippen molar-refractivity contribution in [2.24, 2.45) is 0 Å². The zero-order valence-corrected chi connectivity index (χ0v) is 16.2. The molecule has 0 atom stereocenters. The van der Waals surface area contributed by atoms with Crippen molar-refractivity contribution in [3.63, 3.8) is 0 Å². The molecule has 3 aromatic rings. The fourth-order valence-corrected chi connectivity index (χ4v) is 4.07. The van der Waals surface area contributed by atoms with Crippen LogP contribution >= 0.6 is 11.3 Å². The molecule has 1 aliphatic rings. The summed E-state index contributed by atoms with van der Waals surface area (Å²) in [5, 5.41) is 12.1. The Hall–Kier alpha value is -2.57. The van der Waals surface area contributed by atoms with Crippen LogP contribution in [-0.4, -0.2) is 33.5 Å². The van der Waals surface area contributed by atoms with Crippen LogP contribution in [0, 0.1) is 5.82 Å². The van der Waals surface area contributed by atoms with Gasteiger partial charge in [0.1, 0.15) is 10.8 Å². The smallest absolute Gasteiger partial charge is 0.335 e. The van der Waals surface area contributed by atoms with Gasteiger partial charge in [-0.25, -0.2) is 14.2 Å². The molecule has 0 amide bonds. The van der Waals surface area contributed by atoms with Gasteiger partial charge < -0.3 is 5.11 Å². The highest BCUT2D eigenvalue weighted by molar-refractivity contribution is 7.13. The van der Waals surface area contributed by atoms with Crippen molar-refractivity contribution in [2.45, 2.75) is 31.8 Å². The Morgan fingerprint density at radius 2 is 2.00 bits per heavy atom. The van der Waals surface area contributed by atoms with E-state index in [4.69, 9.17) is 4.98 Å². The van der Waals surface area contributed by atoms with Crippen LogP contribution in [0.2, 0.25) is 0 Å². The third kappa shape index (κ3) is 4.64. The fourth-order valence-electron chi connectivity index (χ4n) is 3.26. The van der Waals surface area contributed by atoms with Crippen LogP contribution in [0.25, 0.3) is 10.6 Å². The summed E-state index contributed by atoms with van der Waals surface area (Å²) in [5.74, 6) is -1.14. The zero-order valence-electron chi connectivity index (χ0n) is 15.3. The minimum Gasteiger partial charge on any atom is -0.478 e. The third-order valence-electron chi connectivity index (χ3n) is 4.94. The molecular formula is C22H21FN2O2S. The Kier molecular flexibility index (Phi) is 5.50. The standard InChI is InChI=1S/C22H21FN2O2S/c23-18-6-4-15(5-7-18)10-11-25(20-8-9-20)13-19-14-28-21(24-19)16-2-1-3-17(12-16)22(26)27/h1-7,12,14,20H,8-11,13H2,(H,26,27). The molecule has 144 valence electrons. The van der Waals surface area contributed by atoms with Gasteiger partial charge >= 0.3 is 5.97 Å². The lowest BCUT2D eigenvalue weighted by atomic mass is 10.1. The lowest BCUT2D eigenvalue weighted by Crippen LogP contribution is -2.28. The van der Waals surface area contributed by atoms with Crippen LogP contribution in [0.15, 0.2) is 53.9 Å². The quantitative estimate of drug-likeness (QED) is 0.591. The first-order valence-corrected chi connectivity index (χ1v) is 10.2. The number of aromatic carboxylic acids is 1. The lowest BCUT2D eigenvalue weighted by Gasteiger charge is -2.21. The van der Waals surface area contributed by atoms with E-state index in [0.717, 1.165) is 41.3 Å². The minimum absolute atomic E-state index is 0.204. The lowest BCUT2D eigenvalue weighted by molar-refractivity contribution is 0.0697. The van der Waals surface area contributed by atoms with Crippen molar-refractivity contribution in [3.05, 3.63) is 76.5 Å². The molecule has 1 saturated carbocycles. The second-order valence-electron chi connectivity index (χ2n) is 7.11. The van der Waals surface area contributed by atoms with Crippen LogP contribution < -0.4 is 0 Å². The summed E-state index contributed by atoms with van der Waals surface area (Å²) in [7, 11) is 0. The monoisotopic (exact) mass is 396 g/mol. The molecule has 0 aliphatic heterocycles. The number of hydrogen-bond acceptors (Lipinski definition) is 4. The summed E-state index contributed by atoms with van der Waals surface area (Å²) in [4.78, 5) is 18.4. The Morgan fingerprint density at radius 1 is 1.21 bits per heavy atom. The first-order chi connectivity index (χ1) is 13.6. The molecule has 0 unspecified atom stereocenters. The maximum absolute atomic E-state index is 13.1. The van der Waals surface area contributed by atoms with Gasteiger partial charge in [-0.1, -0.05) is 24.3 Å². The molecule has 4 nitrogen and oxygen atoms in total. The SMILES string of the molecule is O=C(O)c1cccc(-c2nc(CN(CCc3ccc(F)cc3)C3CC3)cs2)c1. The van der Waals surface area contributed by atoms with Crippen LogP contribution in [-0.2, 0) is 13.0 Å². The first-order valence-electron chi connectivity index (χ1n) is 9.35. The average molecular weight is 396 g/mol. The summed E-state index contributed by atoms with van der Waals surface area (Å²) in [6.45, 7) is 1.69. The Balaban J connectivity index is 1.43. The van der Waals surface area contributed by atoms with Gasteiger partial charge in [0.05, 0.1) is 11.3 Å². The van der Waals surface area contributed by atoms with Crippen molar-refractivity contribution >= 4 is 17.3 Å². The fraction of sp³-hybridized carbons (Fsp3) is 0.273. The summed E-state index contributed by atoms with van der Waals surface area (Å²) in [5.41, 5.74) is 3.25. The highest BCUT2D eigenvalue weighted by Gasteiger charge is 2.29. The highest BCUT2D eigenvalue weighted by atomic mass is 32.1. The van der Waals surface area contributed by atoms with E-state index in [0.29, 0.717) is 6.04 Å². The van der Waals surface area contributed by atoms with E-state index in [1.54, 1.807) is 29.5 Å². The van der Waals surface area contributed by atoms with E-state index in [1.807, 2.05) is 18.2 Å². The van der Waals surface area contributed by atoms with E-state index in [-0.39, 0.29) is 11.4 Å². The number of rotatable bonds is 8. The van der Waals surface area contributed by atoms with Crippen LogP contribution in [0.1, 0.15) is 34.5 Å². The number of benzene rings is 2. The third-order valence-corrected chi connectivity index (χ3v) is 5.88. The topological polar surface area (TPSA) is 53.4 Å². The van der Waals surface area contributed by atoms with Gasteiger partial charge in [-0.3, -0.25) is 4.90 Å². The minimum atomic E-state index is -0.931. The summed E-state index contributed by atoms with van der Waals surface area (Å²) in [6.07, 6.45) is 3.30. The molecule has 1 fully saturated rings. The van der Waals surface area contributed by atoms with Crippen molar-refractivity contribution in [1.29, 1.82) is 0 Å². The van der Waals surface area contributed by atoms with Crippen LogP contribution in [0.4, 0.5) is 4.39 Å². The molecule has 6 heteroatoms. The molecule has 28 heavy (non-hydrogen) atoms. The first kappa shape index (κ1) is 18.8. The predicted molar refractivity (Wildman–Crippen MR) is 108 cm³/mol. The van der Waals surface area contributed by atoms with Crippen LogP contribution in [0.5, 0.6) is 0 Å². The van der Waals surface area contributed by atoms with Gasteiger partial charge in [-0.15, -0.1) is 11.3 Å². The summed E-state index contributed by atoms with van der Waals surface area (Å²) in [6, 6.07) is 14.2. The largest absolute Gasteiger partial charge is 0.478 e. The molecule has 1 heterocycles. The number of carboxylic acid groups (broad SMARTS) is 1. The molecule has 0 saturated heterocycles. The summed E-state index contributed by atoms with van der Waals surface area (Å²) >= 11 is 1.54. The van der Waals surface area contributed by atoms with E-state index >= 15 is 0 Å². The second kappa shape index (κ2) is 8.20. The van der Waals surface area contributed by atoms with Crippen molar-refractivity contribution in [2.75, 3.05) is 6.54 Å². The zero-order chi connectivity index (χ0) is 19.5. The predicted octanol–water partition coefficient (Wildman–Crippen LogP) is 4.85. The molecule has 2 aromatic carbocycles. The van der Waals surface area contributed by atoms with Crippen molar-refractivity contribution < 1.29 is 14.3 Å². The van der Waals surface area contributed by atoms with E-state index in [2.05, 4.69) is 10.3 Å². The molecule has 4 rings (SSSR count). The maximum atomic E-state index is 13.1. The van der Waals surface area contributed by atoms with Crippen molar-refractivity contribution in [1.82, 2.24) is 9.88 Å². The maximum Gasteiger partial charge on any atom is 0.335 e. The van der Waals surface area contributed by atoms with E-state index < -0.39 is 5.97 Å². The van der Waals surface area contributed by atoms with Gasteiger partial charge in [-0.05, 0) is 49.1 Å². The normalized spacial score (nSPS) is 13.8.